The van der Waals surface area contributed by atoms with Crippen LogP contribution >= 0.6 is 23.4 Å². The number of pyridine rings is 1. The molecule has 0 unspecified atom stereocenters. The summed E-state index contributed by atoms with van der Waals surface area (Å²) in [6.07, 6.45) is 11.1. The van der Waals surface area contributed by atoms with Gasteiger partial charge in [0, 0.05) is 48.5 Å². The lowest BCUT2D eigenvalue weighted by atomic mass is 9.73. The van der Waals surface area contributed by atoms with E-state index in [1.165, 1.54) is 11.8 Å². The highest BCUT2D eigenvalue weighted by molar-refractivity contribution is 7.99. The quantitative estimate of drug-likeness (QED) is 0.476. The van der Waals surface area contributed by atoms with E-state index in [2.05, 4.69) is 29.6 Å². The zero-order valence-corrected chi connectivity index (χ0v) is 18.3. The first kappa shape index (κ1) is 19.1. The summed E-state index contributed by atoms with van der Waals surface area (Å²) < 4.78 is 3.92. The second kappa shape index (κ2) is 7.22. The average molecular weight is 453 g/mol. The predicted molar refractivity (Wildman–Crippen MR) is 119 cm³/mol. The summed E-state index contributed by atoms with van der Waals surface area (Å²) >= 11 is 8.01. The van der Waals surface area contributed by atoms with Crippen molar-refractivity contribution in [2.45, 2.75) is 35.3 Å². The number of aromatic nitrogens is 6. The first-order chi connectivity index (χ1) is 15.1. The molecule has 158 valence electrons. The fourth-order valence-electron chi connectivity index (χ4n) is 4.76. The van der Waals surface area contributed by atoms with Gasteiger partial charge in [0.2, 0.25) is 0 Å². The van der Waals surface area contributed by atoms with Crippen molar-refractivity contribution in [3.05, 3.63) is 60.0 Å². The molecule has 0 bridgehead atoms. The third kappa shape index (κ3) is 3.10. The van der Waals surface area contributed by atoms with Crippen LogP contribution in [0.4, 0.5) is 5.82 Å². The maximum absolute atomic E-state index is 6.59. The number of rotatable bonds is 3. The highest BCUT2D eigenvalue weighted by Crippen LogP contribution is 2.47. The third-order valence-electron chi connectivity index (χ3n) is 6.57. The first-order valence-corrected chi connectivity index (χ1v) is 11.5. The van der Waals surface area contributed by atoms with Crippen molar-refractivity contribution in [3.63, 3.8) is 0 Å². The van der Waals surface area contributed by atoms with Crippen LogP contribution in [0.2, 0.25) is 5.15 Å². The van der Waals surface area contributed by atoms with Crippen LogP contribution in [0.15, 0.2) is 59.1 Å². The Labute approximate surface area is 188 Å². The van der Waals surface area contributed by atoms with Crippen molar-refractivity contribution in [2.75, 3.05) is 18.0 Å². The van der Waals surface area contributed by atoms with Crippen LogP contribution in [-0.4, -0.2) is 42.2 Å². The molecule has 0 aliphatic carbocycles. The van der Waals surface area contributed by atoms with Gasteiger partial charge >= 0.3 is 0 Å². The number of fused-ring (bicyclic) bond motifs is 2. The Morgan fingerprint density at radius 1 is 1.06 bits per heavy atom. The molecule has 0 amide bonds. The van der Waals surface area contributed by atoms with Crippen molar-refractivity contribution in [1.29, 1.82) is 0 Å². The van der Waals surface area contributed by atoms with E-state index in [0.717, 1.165) is 59.6 Å². The van der Waals surface area contributed by atoms with Gasteiger partial charge in [0.05, 0.1) is 24.1 Å². The average Bonchev–Trinajstić information content (AvgIpc) is 3.50. The van der Waals surface area contributed by atoms with Gasteiger partial charge in [-0.1, -0.05) is 23.4 Å². The number of nitrogens with zero attached hydrogens (tertiary/aromatic N) is 7. The molecule has 10 heteroatoms. The van der Waals surface area contributed by atoms with Gasteiger partial charge < -0.3 is 10.6 Å². The summed E-state index contributed by atoms with van der Waals surface area (Å²) in [6.45, 7) is 2.75. The standard InChI is InChI=1S/C21H21ClN8S/c22-20-15(1-2-16-24-7-10-29(16)20)31-18-12-25-17(11-26-18)28-8-4-21(5-9-28)13-30-14(19(21)23)3-6-27-30/h1-3,6-7,10-12,19H,4-5,8-9,13,23H2/t19-/m1/s1. The zero-order chi connectivity index (χ0) is 21.0. The first-order valence-electron chi connectivity index (χ1n) is 10.3. The van der Waals surface area contributed by atoms with E-state index in [1.807, 2.05) is 47.4 Å². The third-order valence-corrected chi connectivity index (χ3v) is 8.04. The molecule has 0 radical (unpaired) electrons. The molecule has 0 saturated carbocycles. The van der Waals surface area contributed by atoms with E-state index in [4.69, 9.17) is 17.3 Å². The summed E-state index contributed by atoms with van der Waals surface area (Å²) in [5.41, 5.74) is 8.67. The fraction of sp³-hybridized carbons (Fsp3) is 0.333. The van der Waals surface area contributed by atoms with Gasteiger partial charge in [0.15, 0.2) is 0 Å². The Morgan fingerprint density at radius 3 is 2.71 bits per heavy atom. The van der Waals surface area contributed by atoms with Crippen LogP contribution in [0.3, 0.4) is 0 Å². The molecule has 8 nitrogen and oxygen atoms in total. The minimum absolute atomic E-state index is 0.0552. The largest absolute Gasteiger partial charge is 0.355 e. The molecular weight excluding hydrogens is 432 g/mol. The normalized spacial score (nSPS) is 19.9. The van der Waals surface area contributed by atoms with Gasteiger partial charge in [-0.2, -0.15) is 5.10 Å². The van der Waals surface area contributed by atoms with Gasteiger partial charge in [-0.15, -0.1) is 0 Å². The van der Waals surface area contributed by atoms with Crippen molar-refractivity contribution < 1.29 is 0 Å². The van der Waals surface area contributed by atoms with Gasteiger partial charge in [0.25, 0.3) is 0 Å². The van der Waals surface area contributed by atoms with Crippen molar-refractivity contribution >= 4 is 34.8 Å². The highest BCUT2D eigenvalue weighted by Gasteiger charge is 2.46. The summed E-state index contributed by atoms with van der Waals surface area (Å²) in [6, 6.07) is 6.01. The Bertz CT molecular complexity index is 1240. The number of imidazole rings is 1. The molecule has 1 fully saturated rings. The topological polar surface area (TPSA) is 90.2 Å². The minimum atomic E-state index is 0.0552. The van der Waals surface area contributed by atoms with Crippen LogP contribution in [0.25, 0.3) is 5.65 Å². The van der Waals surface area contributed by atoms with Crippen LogP contribution in [0.5, 0.6) is 0 Å². The van der Waals surface area contributed by atoms with Gasteiger partial charge in [0.1, 0.15) is 21.6 Å². The van der Waals surface area contributed by atoms with Crippen LogP contribution in [0.1, 0.15) is 24.6 Å². The molecule has 1 saturated heterocycles. The van der Waals surface area contributed by atoms with Gasteiger partial charge in [-0.3, -0.25) is 9.08 Å². The number of anilines is 1. The van der Waals surface area contributed by atoms with Crippen molar-refractivity contribution in [1.82, 2.24) is 29.1 Å². The lowest BCUT2D eigenvalue weighted by Crippen LogP contribution is -2.45. The molecule has 1 spiro atoms. The van der Waals surface area contributed by atoms with Crippen LogP contribution < -0.4 is 10.6 Å². The van der Waals surface area contributed by atoms with Crippen molar-refractivity contribution in [3.8, 4) is 0 Å². The van der Waals surface area contributed by atoms with Crippen LogP contribution in [0, 0.1) is 5.41 Å². The second-order valence-electron chi connectivity index (χ2n) is 8.20. The molecule has 4 aromatic rings. The molecule has 6 heterocycles. The summed E-state index contributed by atoms with van der Waals surface area (Å²) in [5, 5.41) is 5.85. The van der Waals surface area contributed by atoms with E-state index < -0.39 is 0 Å². The van der Waals surface area contributed by atoms with Gasteiger partial charge in [-0.05, 0) is 31.0 Å². The van der Waals surface area contributed by atoms with Gasteiger partial charge in [-0.25, -0.2) is 15.0 Å². The summed E-state index contributed by atoms with van der Waals surface area (Å²) in [7, 11) is 0. The van der Waals surface area contributed by atoms with E-state index in [9.17, 15) is 0 Å². The maximum atomic E-state index is 6.59. The number of piperidine rings is 1. The molecule has 4 aromatic heterocycles. The molecule has 1 atom stereocenters. The molecule has 31 heavy (non-hydrogen) atoms. The Morgan fingerprint density at radius 2 is 1.94 bits per heavy atom. The van der Waals surface area contributed by atoms with E-state index in [0.29, 0.717) is 5.15 Å². The maximum Gasteiger partial charge on any atom is 0.147 e. The summed E-state index contributed by atoms with van der Waals surface area (Å²) in [4.78, 5) is 16.8. The number of nitrogens with two attached hydrogens (primary N) is 1. The van der Waals surface area contributed by atoms with Crippen molar-refractivity contribution in [2.24, 2.45) is 11.1 Å². The predicted octanol–water partition coefficient (Wildman–Crippen LogP) is 3.43. The van der Waals surface area contributed by atoms with E-state index in [-0.39, 0.29) is 11.5 Å². The second-order valence-corrected chi connectivity index (χ2v) is 9.62. The highest BCUT2D eigenvalue weighted by atomic mass is 35.5. The molecule has 2 aliphatic heterocycles. The lowest BCUT2D eigenvalue weighted by Gasteiger charge is -2.41. The SMILES string of the molecule is N[C@@H]1c2ccnn2CC12CCN(c1cnc(Sc3ccc4nccn4c3Cl)cn1)CC2. The Kier molecular flexibility index (Phi) is 4.45. The molecule has 2 aliphatic rings. The molecule has 6 rings (SSSR count). The van der Waals surface area contributed by atoms with E-state index in [1.54, 1.807) is 6.20 Å². The molecule has 0 aromatic carbocycles. The number of hydrogen-bond donors (Lipinski definition) is 1. The minimum Gasteiger partial charge on any atom is -0.355 e. The number of hydrogen-bond acceptors (Lipinski definition) is 7. The number of halogens is 1. The summed E-state index contributed by atoms with van der Waals surface area (Å²) in [5.74, 6) is 0.902. The fourth-order valence-corrected chi connectivity index (χ4v) is 5.83. The lowest BCUT2D eigenvalue weighted by molar-refractivity contribution is 0.170. The Hall–Kier alpha value is -2.62. The zero-order valence-electron chi connectivity index (χ0n) is 16.7. The smallest absolute Gasteiger partial charge is 0.147 e. The van der Waals surface area contributed by atoms with E-state index >= 15 is 0 Å². The monoisotopic (exact) mass is 452 g/mol. The molecule has 2 N–H and O–H groups in total. The Balaban J connectivity index is 1.14. The van der Waals surface area contributed by atoms with Crippen LogP contribution in [-0.2, 0) is 6.54 Å². The molecular formula is C21H21ClN8S.